The molecule has 1 aromatic carbocycles. The topological polar surface area (TPSA) is 93.0 Å². The summed E-state index contributed by atoms with van der Waals surface area (Å²) in [5, 5.41) is 9.20. The SMILES string of the molecule is COc1cccc(CC(=O)NCc2cn[nH]c2N)c1. The van der Waals surface area contributed by atoms with Crippen molar-refractivity contribution < 1.29 is 9.53 Å². The highest BCUT2D eigenvalue weighted by Gasteiger charge is 2.06. The zero-order valence-corrected chi connectivity index (χ0v) is 10.6. The maximum absolute atomic E-state index is 11.8. The van der Waals surface area contributed by atoms with Crippen LogP contribution in [0.25, 0.3) is 0 Å². The molecule has 0 saturated carbocycles. The van der Waals surface area contributed by atoms with Crippen molar-refractivity contribution in [1.82, 2.24) is 15.5 Å². The molecule has 0 aliphatic carbocycles. The number of nitrogen functional groups attached to an aromatic ring is 1. The van der Waals surface area contributed by atoms with Gasteiger partial charge in [0.25, 0.3) is 0 Å². The number of nitrogens with one attached hydrogen (secondary N) is 2. The summed E-state index contributed by atoms with van der Waals surface area (Å²) < 4.78 is 5.11. The Morgan fingerprint density at radius 2 is 2.37 bits per heavy atom. The van der Waals surface area contributed by atoms with Crippen LogP contribution in [-0.4, -0.2) is 23.2 Å². The number of nitrogens with zero attached hydrogens (tertiary/aromatic N) is 1. The first-order valence-electron chi connectivity index (χ1n) is 5.86. The minimum Gasteiger partial charge on any atom is -0.497 e. The number of anilines is 1. The van der Waals surface area contributed by atoms with Crippen LogP contribution in [0.15, 0.2) is 30.5 Å². The van der Waals surface area contributed by atoms with Gasteiger partial charge in [-0.05, 0) is 17.7 Å². The molecular weight excluding hydrogens is 244 g/mol. The molecule has 100 valence electrons. The van der Waals surface area contributed by atoms with Gasteiger partial charge in [-0.1, -0.05) is 12.1 Å². The smallest absolute Gasteiger partial charge is 0.224 e. The number of hydrogen-bond acceptors (Lipinski definition) is 4. The largest absolute Gasteiger partial charge is 0.497 e. The van der Waals surface area contributed by atoms with E-state index in [4.69, 9.17) is 10.5 Å². The lowest BCUT2D eigenvalue weighted by Crippen LogP contribution is -2.24. The molecule has 0 bridgehead atoms. The zero-order chi connectivity index (χ0) is 13.7. The summed E-state index contributed by atoms with van der Waals surface area (Å²) in [6.07, 6.45) is 1.90. The van der Waals surface area contributed by atoms with E-state index in [1.807, 2.05) is 24.3 Å². The Balaban J connectivity index is 1.89. The average molecular weight is 260 g/mol. The van der Waals surface area contributed by atoms with Crippen LogP contribution in [0, 0.1) is 0 Å². The van der Waals surface area contributed by atoms with E-state index in [1.165, 1.54) is 0 Å². The molecule has 1 aromatic heterocycles. The van der Waals surface area contributed by atoms with Crippen LogP contribution in [0.4, 0.5) is 5.82 Å². The van der Waals surface area contributed by atoms with Gasteiger partial charge in [-0.2, -0.15) is 5.10 Å². The van der Waals surface area contributed by atoms with E-state index in [9.17, 15) is 4.79 Å². The van der Waals surface area contributed by atoms with Crippen molar-refractivity contribution in [3.05, 3.63) is 41.6 Å². The molecule has 0 aliphatic heterocycles. The fourth-order valence-electron chi connectivity index (χ4n) is 1.69. The summed E-state index contributed by atoms with van der Waals surface area (Å²) in [4.78, 5) is 11.8. The summed E-state index contributed by atoms with van der Waals surface area (Å²) >= 11 is 0. The summed E-state index contributed by atoms with van der Waals surface area (Å²) in [5.74, 6) is 1.14. The van der Waals surface area contributed by atoms with Crippen molar-refractivity contribution in [2.24, 2.45) is 0 Å². The van der Waals surface area contributed by atoms with Gasteiger partial charge in [-0.15, -0.1) is 0 Å². The van der Waals surface area contributed by atoms with Gasteiger partial charge < -0.3 is 15.8 Å². The molecule has 1 heterocycles. The Hall–Kier alpha value is -2.50. The third kappa shape index (κ3) is 3.48. The number of aromatic amines is 1. The van der Waals surface area contributed by atoms with Gasteiger partial charge >= 0.3 is 0 Å². The Morgan fingerprint density at radius 1 is 1.53 bits per heavy atom. The Labute approximate surface area is 111 Å². The molecule has 1 amide bonds. The number of benzene rings is 1. The van der Waals surface area contributed by atoms with Crippen LogP contribution in [0.1, 0.15) is 11.1 Å². The van der Waals surface area contributed by atoms with Gasteiger partial charge in [0.1, 0.15) is 11.6 Å². The highest BCUT2D eigenvalue weighted by Crippen LogP contribution is 2.13. The maximum atomic E-state index is 11.8. The third-order valence-corrected chi connectivity index (χ3v) is 2.73. The number of methoxy groups -OCH3 is 1. The molecular formula is C13H16N4O2. The lowest BCUT2D eigenvalue weighted by atomic mass is 10.1. The van der Waals surface area contributed by atoms with Crippen LogP contribution in [0.3, 0.4) is 0 Å². The highest BCUT2D eigenvalue weighted by molar-refractivity contribution is 5.78. The summed E-state index contributed by atoms with van der Waals surface area (Å²) in [5.41, 5.74) is 7.31. The molecule has 2 aromatic rings. The molecule has 6 nitrogen and oxygen atoms in total. The fourth-order valence-corrected chi connectivity index (χ4v) is 1.69. The highest BCUT2D eigenvalue weighted by atomic mass is 16.5. The Bertz CT molecular complexity index is 565. The first-order valence-corrected chi connectivity index (χ1v) is 5.86. The van der Waals surface area contributed by atoms with Gasteiger partial charge in [0.15, 0.2) is 0 Å². The number of hydrogen-bond donors (Lipinski definition) is 3. The van der Waals surface area contributed by atoms with Crippen molar-refractivity contribution >= 4 is 11.7 Å². The second-order valence-corrected chi connectivity index (χ2v) is 4.11. The van der Waals surface area contributed by atoms with Gasteiger partial charge in [0.05, 0.1) is 19.7 Å². The predicted octanol–water partition coefficient (Wildman–Crippen LogP) is 0.859. The van der Waals surface area contributed by atoms with Crippen molar-refractivity contribution in [2.75, 3.05) is 12.8 Å². The average Bonchev–Trinajstić information content (AvgIpc) is 2.82. The molecule has 0 fully saturated rings. The molecule has 0 atom stereocenters. The lowest BCUT2D eigenvalue weighted by Gasteiger charge is -2.06. The van der Waals surface area contributed by atoms with Crippen molar-refractivity contribution in [3.8, 4) is 5.75 Å². The molecule has 0 saturated heterocycles. The first-order chi connectivity index (χ1) is 9.19. The number of ether oxygens (including phenoxy) is 1. The maximum Gasteiger partial charge on any atom is 0.224 e. The van der Waals surface area contributed by atoms with E-state index in [-0.39, 0.29) is 5.91 Å². The van der Waals surface area contributed by atoms with Crippen LogP contribution < -0.4 is 15.8 Å². The zero-order valence-electron chi connectivity index (χ0n) is 10.6. The number of amides is 1. The molecule has 0 unspecified atom stereocenters. The predicted molar refractivity (Wildman–Crippen MR) is 71.5 cm³/mol. The van der Waals surface area contributed by atoms with Crippen LogP contribution >= 0.6 is 0 Å². The molecule has 6 heteroatoms. The second kappa shape index (κ2) is 5.90. The normalized spacial score (nSPS) is 10.2. The van der Waals surface area contributed by atoms with Gasteiger partial charge in [-0.3, -0.25) is 9.89 Å². The molecule has 2 rings (SSSR count). The molecule has 0 aliphatic rings. The second-order valence-electron chi connectivity index (χ2n) is 4.11. The quantitative estimate of drug-likeness (QED) is 0.743. The van der Waals surface area contributed by atoms with E-state index in [2.05, 4.69) is 15.5 Å². The van der Waals surface area contributed by atoms with Gasteiger partial charge in [0, 0.05) is 12.1 Å². The monoisotopic (exact) mass is 260 g/mol. The summed E-state index contributed by atoms with van der Waals surface area (Å²) in [6.45, 7) is 0.366. The fraction of sp³-hybridized carbons (Fsp3) is 0.231. The summed E-state index contributed by atoms with van der Waals surface area (Å²) in [7, 11) is 1.60. The number of rotatable bonds is 5. The van der Waals surface area contributed by atoms with Crippen molar-refractivity contribution in [3.63, 3.8) is 0 Å². The first kappa shape index (κ1) is 12.9. The third-order valence-electron chi connectivity index (χ3n) is 2.73. The molecule has 19 heavy (non-hydrogen) atoms. The van der Waals surface area contributed by atoms with Crippen molar-refractivity contribution in [1.29, 1.82) is 0 Å². The van der Waals surface area contributed by atoms with Crippen LogP contribution in [0.2, 0.25) is 0 Å². The van der Waals surface area contributed by atoms with Crippen LogP contribution in [0.5, 0.6) is 5.75 Å². The lowest BCUT2D eigenvalue weighted by molar-refractivity contribution is -0.120. The Morgan fingerprint density at radius 3 is 3.05 bits per heavy atom. The van der Waals surface area contributed by atoms with Crippen LogP contribution in [-0.2, 0) is 17.8 Å². The van der Waals surface area contributed by atoms with E-state index < -0.39 is 0 Å². The number of H-pyrrole nitrogens is 1. The Kier molecular flexibility index (Phi) is 4.02. The number of carbonyl (C=O) groups excluding carboxylic acids is 1. The van der Waals surface area contributed by atoms with Gasteiger partial charge in [0.2, 0.25) is 5.91 Å². The van der Waals surface area contributed by atoms with E-state index in [1.54, 1.807) is 13.3 Å². The minimum absolute atomic E-state index is 0.0751. The number of carbonyl (C=O) groups is 1. The summed E-state index contributed by atoms with van der Waals surface area (Å²) in [6, 6.07) is 7.42. The number of nitrogens with two attached hydrogens (primary N) is 1. The van der Waals surface area contributed by atoms with Gasteiger partial charge in [-0.25, -0.2) is 0 Å². The molecule has 0 spiro atoms. The standard InChI is InChI=1S/C13H16N4O2/c1-19-11-4-2-3-9(5-11)6-12(18)15-7-10-8-16-17-13(10)14/h2-5,8H,6-7H2,1H3,(H,15,18)(H3,14,16,17). The molecule has 4 N–H and O–H groups in total. The number of aromatic nitrogens is 2. The van der Waals surface area contributed by atoms with E-state index >= 15 is 0 Å². The van der Waals surface area contributed by atoms with E-state index in [0.29, 0.717) is 18.8 Å². The minimum atomic E-state index is -0.0751. The van der Waals surface area contributed by atoms with Crippen molar-refractivity contribution in [2.45, 2.75) is 13.0 Å². The van der Waals surface area contributed by atoms with E-state index in [0.717, 1.165) is 16.9 Å². The molecule has 0 radical (unpaired) electrons.